The van der Waals surface area contributed by atoms with Crippen molar-refractivity contribution in [1.29, 1.82) is 0 Å². The molecule has 0 radical (unpaired) electrons. The second-order valence-electron chi connectivity index (χ2n) is 7.49. The van der Waals surface area contributed by atoms with Crippen LogP contribution in [0.1, 0.15) is 24.2 Å². The molecule has 2 aromatic rings. The van der Waals surface area contributed by atoms with E-state index in [0.717, 1.165) is 6.07 Å². The number of carbonyl (C=O) groups excluding carboxylic acids is 1. The molecule has 27 heavy (non-hydrogen) atoms. The third-order valence-corrected chi connectivity index (χ3v) is 6.03. The van der Waals surface area contributed by atoms with Gasteiger partial charge in [0.05, 0.1) is 11.3 Å². The van der Waals surface area contributed by atoms with E-state index < -0.39 is 20.7 Å². The number of nitrogens with one attached hydrogen (secondary N) is 1. The Balaban J connectivity index is 1.69. The summed E-state index contributed by atoms with van der Waals surface area (Å²) in [5.74, 6) is -0.679. The quantitative estimate of drug-likeness (QED) is 0.878. The Bertz CT molecular complexity index is 1090. The first-order valence-electron chi connectivity index (χ1n) is 8.46. The van der Waals surface area contributed by atoms with Crippen LogP contribution < -0.4 is 9.62 Å². The third-order valence-electron chi connectivity index (χ3n) is 4.61. The SMILES string of the molecule is CC1(C)CN=C2C(=O)c3cc(NS(=O)(=O)c4ccccc4F)ccc3N2C1. The first-order valence-corrected chi connectivity index (χ1v) is 9.94. The summed E-state index contributed by atoms with van der Waals surface area (Å²) in [6, 6.07) is 9.86. The number of aliphatic imine (C=N–C) groups is 1. The van der Waals surface area contributed by atoms with Crippen LogP contribution in [0.15, 0.2) is 52.4 Å². The van der Waals surface area contributed by atoms with Gasteiger partial charge in [0.25, 0.3) is 10.0 Å². The van der Waals surface area contributed by atoms with Crippen LogP contribution in [-0.2, 0) is 10.0 Å². The zero-order valence-corrected chi connectivity index (χ0v) is 15.7. The molecule has 0 saturated heterocycles. The fourth-order valence-corrected chi connectivity index (χ4v) is 4.46. The molecule has 2 heterocycles. The van der Waals surface area contributed by atoms with Gasteiger partial charge in [-0.05, 0) is 30.3 Å². The number of sulfonamides is 1. The second kappa shape index (κ2) is 5.88. The molecule has 0 saturated carbocycles. The predicted molar refractivity (Wildman–Crippen MR) is 101 cm³/mol. The van der Waals surface area contributed by atoms with Crippen LogP contribution in [0.5, 0.6) is 0 Å². The molecule has 4 rings (SSSR count). The van der Waals surface area contributed by atoms with Crippen LogP contribution in [0.3, 0.4) is 0 Å². The zero-order chi connectivity index (χ0) is 19.4. The molecular formula is C19H18FN3O3S. The van der Waals surface area contributed by atoms with Crippen molar-refractivity contribution in [2.45, 2.75) is 18.7 Å². The number of ketones is 1. The highest BCUT2D eigenvalue weighted by atomic mass is 32.2. The molecule has 140 valence electrons. The summed E-state index contributed by atoms with van der Waals surface area (Å²) in [6.07, 6.45) is 0. The second-order valence-corrected chi connectivity index (χ2v) is 9.14. The highest BCUT2D eigenvalue weighted by molar-refractivity contribution is 7.92. The Morgan fingerprint density at radius 2 is 1.93 bits per heavy atom. The maximum absolute atomic E-state index is 13.8. The molecule has 0 spiro atoms. The molecular weight excluding hydrogens is 369 g/mol. The maximum Gasteiger partial charge on any atom is 0.264 e. The molecule has 0 bridgehead atoms. The van der Waals surface area contributed by atoms with Crippen molar-refractivity contribution in [3.05, 3.63) is 53.8 Å². The predicted octanol–water partition coefficient (Wildman–Crippen LogP) is 3.07. The van der Waals surface area contributed by atoms with Gasteiger partial charge in [-0.3, -0.25) is 14.5 Å². The van der Waals surface area contributed by atoms with Gasteiger partial charge < -0.3 is 4.90 Å². The summed E-state index contributed by atoms with van der Waals surface area (Å²) in [5.41, 5.74) is 1.24. The molecule has 8 heteroatoms. The van der Waals surface area contributed by atoms with Gasteiger partial charge >= 0.3 is 0 Å². The van der Waals surface area contributed by atoms with Crippen LogP contribution in [0.4, 0.5) is 15.8 Å². The number of halogens is 1. The molecule has 0 fully saturated rings. The fraction of sp³-hybridized carbons (Fsp3) is 0.263. The highest BCUT2D eigenvalue weighted by Gasteiger charge is 2.40. The van der Waals surface area contributed by atoms with E-state index in [-0.39, 0.29) is 16.9 Å². The van der Waals surface area contributed by atoms with Crippen LogP contribution in [-0.4, -0.2) is 33.1 Å². The molecule has 0 aliphatic carbocycles. The van der Waals surface area contributed by atoms with Gasteiger partial charge in [0.15, 0.2) is 5.84 Å². The lowest BCUT2D eigenvalue weighted by Gasteiger charge is -2.34. The van der Waals surface area contributed by atoms with Crippen molar-refractivity contribution in [2.24, 2.45) is 10.4 Å². The Morgan fingerprint density at radius 3 is 2.67 bits per heavy atom. The van der Waals surface area contributed by atoms with Crippen molar-refractivity contribution in [1.82, 2.24) is 0 Å². The number of fused-ring (bicyclic) bond motifs is 3. The number of Topliss-reactive ketones (excluding diaryl/α,β-unsaturated/α-hetero) is 1. The topological polar surface area (TPSA) is 78.8 Å². The van der Waals surface area contributed by atoms with Crippen LogP contribution in [0, 0.1) is 11.2 Å². The molecule has 0 atom stereocenters. The average molecular weight is 387 g/mol. The molecule has 6 nitrogen and oxygen atoms in total. The minimum absolute atomic E-state index is 0.0590. The molecule has 0 unspecified atom stereocenters. The van der Waals surface area contributed by atoms with Gasteiger partial charge in [-0.15, -0.1) is 0 Å². The van der Waals surface area contributed by atoms with E-state index in [4.69, 9.17) is 0 Å². The van der Waals surface area contributed by atoms with Crippen LogP contribution in [0.2, 0.25) is 0 Å². The molecule has 2 aromatic carbocycles. The Hall–Kier alpha value is -2.74. The maximum atomic E-state index is 13.8. The summed E-state index contributed by atoms with van der Waals surface area (Å²) in [5, 5.41) is 0. The summed E-state index contributed by atoms with van der Waals surface area (Å²) in [4.78, 5) is 18.5. The molecule has 0 amide bonds. The highest BCUT2D eigenvalue weighted by Crippen LogP contribution is 2.37. The van der Waals surface area contributed by atoms with E-state index in [0.29, 0.717) is 30.2 Å². The summed E-state index contributed by atoms with van der Waals surface area (Å²) in [6.45, 7) is 5.37. The number of hydrogen-bond donors (Lipinski definition) is 1. The molecule has 2 aliphatic heterocycles. The Morgan fingerprint density at radius 1 is 1.19 bits per heavy atom. The molecule has 2 aliphatic rings. The van der Waals surface area contributed by atoms with Gasteiger partial charge in [0.2, 0.25) is 5.78 Å². The largest absolute Gasteiger partial charge is 0.322 e. The fourth-order valence-electron chi connectivity index (χ4n) is 3.33. The van der Waals surface area contributed by atoms with Gasteiger partial charge in [0, 0.05) is 24.2 Å². The summed E-state index contributed by atoms with van der Waals surface area (Å²) >= 11 is 0. The van der Waals surface area contributed by atoms with E-state index in [1.165, 1.54) is 24.3 Å². The van der Waals surface area contributed by atoms with E-state index in [1.54, 1.807) is 12.1 Å². The monoisotopic (exact) mass is 387 g/mol. The van der Waals surface area contributed by atoms with Crippen molar-refractivity contribution < 1.29 is 17.6 Å². The first kappa shape index (κ1) is 17.7. The van der Waals surface area contributed by atoms with Crippen LogP contribution in [0.25, 0.3) is 0 Å². The summed E-state index contributed by atoms with van der Waals surface area (Å²) in [7, 11) is -4.10. The lowest BCUT2D eigenvalue weighted by molar-refractivity contribution is 0.106. The number of amidine groups is 1. The first-order chi connectivity index (χ1) is 12.7. The van der Waals surface area contributed by atoms with Gasteiger partial charge in [0.1, 0.15) is 10.7 Å². The van der Waals surface area contributed by atoms with E-state index in [2.05, 4.69) is 23.6 Å². The number of benzene rings is 2. The number of rotatable bonds is 3. The number of carbonyl (C=O) groups is 1. The van der Waals surface area contributed by atoms with E-state index in [1.807, 2.05) is 4.90 Å². The van der Waals surface area contributed by atoms with Gasteiger partial charge in [-0.25, -0.2) is 12.8 Å². The Kier molecular flexibility index (Phi) is 3.85. The standard InChI is InChI=1S/C19H18FN3O3S/c1-19(2)10-21-18-17(24)13-9-12(7-8-15(13)23(18)11-19)22-27(25,26)16-6-4-3-5-14(16)20/h3-9,22H,10-11H2,1-2H3. The lowest BCUT2D eigenvalue weighted by Crippen LogP contribution is -2.44. The number of hydrogen-bond acceptors (Lipinski definition) is 5. The minimum Gasteiger partial charge on any atom is -0.322 e. The summed E-state index contributed by atoms with van der Waals surface area (Å²) < 4.78 is 41.1. The van der Waals surface area contributed by atoms with Crippen LogP contribution >= 0.6 is 0 Å². The normalized spacial score (nSPS) is 18.0. The molecule has 0 aromatic heterocycles. The zero-order valence-electron chi connectivity index (χ0n) is 14.9. The van der Waals surface area contributed by atoms with Crippen molar-refractivity contribution >= 4 is 33.0 Å². The minimum atomic E-state index is -4.10. The molecule has 1 N–H and O–H groups in total. The van der Waals surface area contributed by atoms with E-state index in [9.17, 15) is 17.6 Å². The third kappa shape index (κ3) is 2.99. The number of nitrogens with zero attached hydrogens (tertiary/aromatic N) is 2. The number of anilines is 2. The average Bonchev–Trinajstić information content (AvgIpc) is 2.85. The van der Waals surface area contributed by atoms with Gasteiger partial charge in [-0.2, -0.15) is 0 Å². The van der Waals surface area contributed by atoms with E-state index >= 15 is 0 Å². The van der Waals surface area contributed by atoms with Crippen molar-refractivity contribution in [2.75, 3.05) is 22.7 Å². The lowest BCUT2D eigenvalue weighted by atomic mass is 9.91. The Labute approximate surface area is 156 Å². The van der Waals surface area contributed by atoms with Crippen molar-refractivity contribution in [3.8, 4) is 0 Å². The smallest absolute Gasteiger partial charge is 0.264 e. The van der Waals surface area contributed by atoms with Gasteiger partial charge in [-0.1, -0.05) is 26.0 Å². The van der Waals surface area contributed by atoms with Crippen molar-refractivity contribution in [3.63, 3.8) is 0 Å².